The van der Waals surface area contributed by atoms with Gasteiger partial charge in [-0.3, -0.25) is 4.21 Å². The van der Waals surface area contributed by atoms with Crippen LogP contribution in [0.25, 0.3) is 11.3 Å². The van der Waals surface area contributed by atoms with Gasteiger partial charge >= 0.3 is 0 Å². The average molecular weight is 361 g/mol. The summed E-state index contributed by atoms with van der Waals surface area (Å²) in [5.41, 5.74) is 1.97. The van der Waals surface area contributed by atoms with Crippen molar-refractivity contribution >= 4 is 10.8 Å². The number of ether oxygens (including phenoxy) is 1. The van der Waals surface area contributed by atoms with Gasteiger partial charge in [0.15, 0.2) is 0 Å². The molecule has 1 aromatic heterocycles. The van der Waals surface area contributed by atoms with Crippen molar-refractivity contribution < 1.29 is 8.95 Å². The summed E-state index contributed by atoms with van der Waals surface area (Å²) < 4.78 is 19.6. The van der Waals surface area contributed by atoms with Gasteiger partial charge < -0.3 is 9.30 Å². The Kier molecular flexibility index (Phi) is 5.44. The van der Waals surface area contributed by atoms with Crippen molar-refractivity contribution in [3.8, 4) is 11.3 Å². The molecule has 1 aliphatic heterocycles. The van der Waals surface area contributed by atoms with E-state index in [1.807, 2.05) is 24.3 Å². The van der Waals surface area contributed by atoms with Gasteiger partial charge in [0, 0.05) is 58.9 Å². The molecule has 4 nitrogen and oxygen atoms in total. The second kappa shape index (κ2) is 7.42. The molecule has 1 saturated heterocycles. The third-order valence-corrected chi connectivity index (χ3v) is 5.62. The Bertz CT molecular complexity index is 755. The molecule has 0 spiro atoms. The molecule has 0 saturated carbocycles. The molecule has 1 aliphatic rings. The maximum Gasteiger partial charge on any atom is 0.114 e. The molecule has 136 valence electrons. The molecule has 1 aromatic carbocycles. The monoisotopic (exact) mass is 360 g/mol. The van der Waals surface area contributed by atoms with E-state index in [1.54, 1.807) is 6.26 Å². The van der Waals surface area contributed by atoms with E-state index in [1.165, 1.54) is 0 Å². The normalized spacial score (nSPS) is 17.6. The Morgan fingerprint density at radius 2 is 2.00 bits per heavy atom. The lowest BCUT2D eigenvalue weighted by atomic mass is 9.94. The molecule has 25 heavy (non-hydrogen) atoms. The predicted molar refractivity (Wildman–Crippen MR) is 102 cm³/mol. The highest BCUT2D eigenvalue weighted by Crippen LogP contribution is 2.29. The largest absolute Gasteiger partial charge is 0.381 e. The summed E-state index contributed by atoms with van der Waals surface area (Å²) in [6.45, 7) is 9.33. The van der Waals surface area contributed by atoms with E-state index in [4.69, 9.17) is 9.72 Å². The van der Waals surface area contributed by atoms with Gasteiger partial charge in [0.2, 0.25) is 0 Å². The first-order valence-electron chi connectivity index (χ1n) is 8.94. The van der Waals surface area contributed by atoms with E-state index >= 15 is 0 Å². The quantitative estimate of drug-likeness (QED) is 0.827. The van der Waals surface area contributed by atoms with Crippen LogP contribution in [0.5, 0.6) is 0 Å². The van der Waals surface area contributed by atoms with Crippen LogP contribution in [0.1, 0.15) is 39.4 Å². The molecule has 0 aliphatic carbocycles. The van der Waals surface area contributed by atoms with Crippen molar-refractivity contribution in [2.24, 2.45) is 5.92 Å². The lowest BCUT2D eigenvalue weighted by Crippen LogP contribution is -2.24. The van der Waals surface area contributed by atoms with Gasteiger partial charge in [-0.1, -0.05) is 32.9 Å². The third kappa shape index (κ3) is 4.39. The van der Waals surface area contributed by atoms with Gasteiger partial charge in [0.25, 0.3) is 0 Å². The Hall–Kier alpha value is -1.46. The zero-order chi connectivity index (χ0) is 18.0. The van der Waals surface area contributed by atoms with Crippen molar-refractivity contribution in [2.75, 3.05) is 19.5 Å². The maximum atomic E-state index is 11.8. The summed E-state index contributed by atoms with van der Waals surface area (Å²) in [6, 6.07) is 7.90. The van der Waals surface area contributed by atoms with Crippen LogP contribution in [0.15, 0.2) is 35.4 Å². The van der Waals surface area contributed by atoms with Crippen LogP contribution in [0.2, 0.25) is 0 Å². The minimum absolute atomic E-state index is 0.0192. The van der Waals surface area contributed by atoms with Crippen molar-refractivity contribution in [1.82, 2.24) is 9.55 Å². The molecule has 1 fully saturated rings. The lowest BCUT2D eigenvalue weighted by molar-refractivity contribution is 0.0608. The van der Waals surface area contributed by atoms with Gasteiger partial charge in [-0.2, -0.15) is 0 Å². The number of hydrogen-bond donors (Lipinski definition) is 0. The lowest BCUT2D eigenvalue weighted by Gasteiger charge is -2.25. The molecule has 0 bridgehead atoms. The molecule has 0 radical (unpaired) electrons. The third-order valence-electron chi connectivity index (χ3n) is 4.70. The van der Waals surface area contributed by atoms with Gasteiger partial charge in [-0.15, -0.1) is 0 Å². The zero-order valence-corrected chi connectivity index (χ0v) is 16.4. The van der Waals surface area contributed by atoms with E-state index in [2.05, 4.69) is 31.5 Å². The number of hydrogen-bond acceptors (Lipinski definition) is 3. The number of imidazole rings is 1. The fourth-order valence-corrected chi connectivity index (χ4v) is 3.90. The van der Waals surface area contributed by atoms with E-state index in [0.717, 1.165) is 54.6 Å². The van der Waals surface area contributed by atoms with Crippen molar-refractivity contribution in [2.45, 2.75) is 50.5 Å². The second-order valence-corrected chi connectivity index (χ2v) is 9.27. The van der Waals surface area contributed by atoms with Crippen LogP contribution in [-0.4, -0.2) is 33.2 Å². The van der Waals surface area contributed by atoms with Crippen LogP contribution < -0.4 is 0 Å². The molecule has 3 rings (SSSR count). The van der Waals surface area contributed by atoms with Gasteiger partial charge in [0.05, 0.1) is 5.69 Å². The minimum atomic E-state index is -0.983. The fourth-order valence-electron chi connectivity index (χ4n) is 3.33. The molecule has 5 heteroatoms. The first kappa shape index (κ1) is 18.3. The van der Waals surface area contributed by atoms with Gasteiger partial charge in [-0.25, -0.2) is 4.98 Å². The Morgan fingerprint density at radius 3 is 2.64 bits per heavy atom. The molecule has 1 unspecified atom stereocenters. The first-order valence-corrected chi connectivity index (χ1v) is 10.5. The second-order valence-electron chi connectivity index (χ2n) is 7.89. The summed E-state index contributed by atoms with van der Waals surface area (Å²) in [4.78, 5) is 5.79. The molecule has 2 heterocycles. The molecule has 2 aromatic rings. The number of aromatic nitrogens is 2. The molecular formula is C20H28N2O2S. The number of benzene rings is 1. The highest BCUT2D eigenvalue weighted by atomic mass is 32.2. The van der Waals surface area contributed by atoms with Gasteiger partial charge in [-0.05, 0) is 30.9 Å². The molecule has 1 atom stereocenters. The van der Waals surface area contributed by atoms with E-state index in [0.29, 0.717) is 5.92 Å². The minimum Gasteiger partial charge on any atom is -0.381 e. The van der Waals surface area contributed by atoms with Crippen LogP contribution in [0, 0.1) is 5.92 Å². The fraction of sp³-hybridized carbons (Fsp3) is 0.550. The standard InChI is InChI=1S/C20H28N2O2S/c1-20(2,3)19-21-18(16-6-5-7-17(12-16)25(4)23)14-22(19)13-15-8-10-24-11-9-15/h5-7,12,14-15H,8-11,13H2,1-4H3. The summed E-state index contributed by atoms with van der Waals surface area (Å²) in [7, 11) is -0.983. The first-order chi connectivity index (χ1) is 11.8. The molecular weight excluding hydrogens is 332 g/mol. The number of nitrogens with zero attached hydrogens (tertiary/aromatic N) is 2. The van der Waals surface area contributed by atoms with Crippen molar-refractivity contribution in [3.63, 3.8) is 0 Å². The van der Waals surface area contributed by atoms with E-state index in [-0.39, 0.29) is 5.41 Å². The van der Waals surface area contributed by atoms with Crippen molar-refractivity contribution in [3.05, 3.63) is 36.3 Å². The van der Waals surface area contributed by atoms with Crippen molar-refractivity contribution in [1.29, 1.82) is 0 Å². The predicted octanol–water partition coefficient (Wildman–Crippen LogP) is 4.01. The van der Waals surface area contributed by atoms with Crippen LogP contribution >= 0.6 is 0 Å². The number of rotatable bonds is 4. The zero-order valence-electron chi connectivity index (χ0n) is 15.6. The summed E-state index contributed by atoms with van der Waals surface area (Å²) in [6.07, 6.45) is 6.10. The highest BCUT2D eigenvalue weighted by molar-refractivity contribution is 7.84. The van der Waals surface area contributed by atoms with E-state index < -0.39 is 10.8 Å². The Morgan fingerprint density at radius 1 is 1.28 bits per heavy atom. The topological polar surface area (TPSA) is 44.1 Å². The summed E-state index contributed by atoms with van der Waals surface area (Å²) in [5, 5.41) is 0. The molecule has 0 N–H and O–H groups in total. The Balaban J connectivity index is 1.95. The van der Waals surface area contributed by atoms with Gasteiger partial charge in [0.1, 0.15) is 5.82 Å². The summed E-state index contributed by atoms with van der Waals surface area (Å²) in [5.74, 6) is 1.75. The SMILES string of the molecule is CS(=O)c1cccc(-c2cn(CC3CCOCC3)c(C(C)(C)C)n2)c1. The van der Waals surface area contributed by atoms with Crippen LogP contribution in [0.3, 0.4) is 0 Å². The van der Waals surface area contributed by atoms with Crippen LogP contribution in [0.4, 0.5) is 0 Å². The van der Waals surface area contributed by atoms with E-state index in [9.17, 15) is 4.21 Å². The average Bonchev–Trinajstić information content (AvgIpc) is 3.00. The highest BCUT2D eigenvalue weighted by Gasteiger charge is 2.24. The maximum absolute atomic E-state index is 11.8. The Labute approximate surface area is 153 Å². The smallest absolute Gasteiger partial charge is 0.114 e. The van der Waals surface area contributed by atoms with Crippen LogP contribution in [-0.2, 0) is 27.5 Å². The molecule has 0 amide bonds. The summed E-state index contributed by atoms with van der Waals surface area (Å²) >= 11 is 0.